The summed E-state index contributed by atoms with van der Waals surface area (Å²) in [6.45, 7) is 7.70. The normalized spacial score (nSPS) is 22.2. The topological polar surface area (TPSA) is 55.8 Å². The predicted octanol–water partition coefficient (Wildman–Crippen LogP) is 2.12. The minimum Gasteiger partial charge on any atom is -0.467 e. The fourth-order valence-electron chi connectivity index (χ4n) is 1.82. The van der Waals surface area contributed by atoms with E-state index in [1.165, 1.54) is 12.0 Å². The summed E-state index contributed by atoms with van der Waals surface area (Å²) < 4.78 is 10.0. The van der Waals surface area contributed by atoms with Crippen LogP contribution in [0.15, 0.2) is 11.6 Å². The van der Waals surface area contributed by atoms with Gasteiger partial charge in [0.25, 0.3) is 0 Å². The van der Waals surface area contributed by atoms with Gasteiger partial charge < -0.3 is 9.47 Å². The third-order valence-electron chi connectivity index (χ3n) is 2.71. The molecule has 0 bridgehead atoms. The Hall–Kier alpha value is -1.52. The van der Waals surface area contributed by atoms with Crippen molar-refractivity contribution in [2.24, 2.45) is 0 Å². The van der Waals surface area contributed by atoms with E-state index in [2.05, 4.69) is 0 Å². The van der Waals surface area contributed by atoms with Crippen molar-refractivity contribution in [3.8, 4) is 0 Å². The minimum atomic E-state index is -0.573. The summed E-state index contributed by atoms with van der Waals surface area (Å²) in [6.07, 6.45) is 1.96. The summed E-state index contributed by atoms with van der Waals surface area (Å²) in [6, 6.07) is -0.573. The first-order valence-corrected chi connectivity index (χ1v) is 6.00. The van der Waals surface area contributed by atoms with Crippen LogP contribution in [0.2, 0.25) is 0 Å². The highest BCUT2D eigenvalue weighted by Crippen LogP contribution is 2.25. The molecule has 18 heavy (non-hydrogen) atoms. The van der Waals surface area contributed by atoms with Gasteiger partial charge in [0.15, 0.2) is 0 Å². The summed E-state index contributed by atoms with van der Waals surface area (Å²) in [5.41, 5.74) is 0.465. The standard InChI is InChI=1S/C13H21NO4/c1-6-9-7-10(11(15)17-5)14(8-9)12(16)18-13(2,3)4/h6,10H,7-8H2,1-5H3/b9-6+/t10-/m0/s1. The van der Waals surface area contributed by atoms with Gasteiger partial charge in [-0.15, -0.1) is 0 Å². The lowest BCUT2D eigenvalue weighted by Gasteiger charge is -2.27. The van der Waals surface area contributed by atoms with Gasteiger partial charge >= 0.3 is 12.1 Å². The summed E-state index contributed by atoms with van der Waals surface area (Å²) in [5, 5.41) is 0. The highest BCUT2D eigenvalue weighted by atomic mass is 16.6. The molecule has 0 aliphatic carbocycles. The molecule has 0 N–H and O–H groups in total. The molecule has 1 rings (SSSR count). The number of esters is 1. The molecule has 0 aromatic carbocycles. The van der Waals surface area contributed by atoms with Crippen LogP contribution < -0.4 is 0 Å². The number of amides is 1. The van der Waals surface area contributed by atoms with Crippen LogP contribution in [0.1, 0.15) is 34.1 Å². The smallest absolute Gasteiger partial charge is 0.411 e. The minimum absolute atomic E-state index is 0.405. The molecule has 5 nitrogen and oxygen atoms in total. The highest BCUT2D eigenvalue weighted by Gasteiger charge is 2.39. The molecule has 0 spiro atoms. The third-order valence-corrected chi connectivity index (χ3v) is 2.71. The molecule has 1 aliphatic heterocycles. The maximum absolute atomic E-state index is 12.0. The maximum Gasteiger partial charge on any atom is 0.411 e. The first-order valence-electron chi connectivity index (χ1n) is 6.00. The average Bonchev–Trinajstić information content (AvgIpc) is 2.69. The Bertz CT molecular complexity index is 368. The SMILES string of the molecule is C/C=C1\C[C@@H](C(=O)OC)N(C(=O)OC(C)(C)C)C1. The Morgan fingerprint density at radius 1 is 1.39 bits per heavy atom. The Balaban J connectivity index is 2.84. The lowest BCUT2D eigenvalue weighted by Crippen LogP contribution is -2.43. The molecule has 1 saturated heterocycles. The number of rotatable bonds is 1. The molecule has 1 fully saturated rings. The second kappa shape index (κ2) is 5.42. The van der Waals surface area contributed by atoms with Gasteiger partial charge in [0, 0.05) is 13.0 Å². The number of nitrogens with zero attached hydrogens (tertiary/aromatic N) is 1. The fourth-order valence-corrected chi connectivity index (χ4v) is 1.82. The van der Waals surface area contributed by atoms with Gasteiger partial charge in [0.1, 0.15) is 11.6 Å². The fraction of sp³-hybridized carbons (Fsp3) is 0.692. The number of carbonyl (C=O) groups excluding carboxylic acids is 2. The van der Waals surface area contributed by atoms with E-state index in [0.29, 0.717) is 13.0 Å². The van der Waals surface area contributed by atoms with Gasteiger partial charge in [-0.3, -0.25) is 4.90 Å². The number of ether oxygens (including phenoxy) is 2. The van der Waals surface area contributed by atoms with Crippen molar-refractivity contribution >= 4 is 12.1 Å². The summed E-state index contributed by atoms with van der Waals surface area (Å²) in [5.74, 6) is -0.405. The molecule has 1 aliphatic rings. The molecule has 0 saturated carbocycles. The molecule has 0 radical (unpaired) electrons. The Labute approximate surface area is 108 Å². The summed E-state index contributed by atoms with van der Waals surface area (Å²) in [7, 11) is 1.32. The average molecular weight is 255 g/mol. The summed E-state index contributed by atoms with van der Waals surface area (Å²) >= 11 is 0. The van der Waals surface area contributed by atoms with Gasteiger partial charge in [0.05, 0.1) is 7.11 Å². The third kappa shape index (κ3) is 3.48. The van der Waals surface area contributed by atoms with Gasteiger partial charge in [-0.25, -0.2) is 9.59 Å². The zero-order valence-corrected chi connectivity index (χ0v) is 11.6. The van der Waals surface area contributed by atoms with Gasteiger partial charge in [-0.2, -0.15) is 0 Å². The van der Waals surface area contributed by atoms with Crippen molar-refractivity contribution in [1.29, 1.82) is 0 Å². The van der Waals surface area contributed by atoms with Crippen LogP contribution in [0, 0.1) is 0 Å². The van der Waals surface area contributed by atoms with Crippen molar-refractivity contribution in [2.75, 3.05) is 13.7 Å². The van der Waals surface area contributed by atoms with E-state index in [1.807, 2.05) is 13.0 Å². The van der Waals surface area contributed by atoms with Crippen molar-refractivity contribution in [3.05, 3.63) is 11.6 Å². The van der Waals surface area contributed by atoms with Crippen LogP contribution in [0.25, 0.3) is 0 Å². The van der Waals surface area contributed by atoms with Gasteiger partial charge in [-0.1, -0.05) is 11.6 Å². The molecule has 1 heterocycles. The zero-order valence-electron chi connectivity index (χ0n) is 11.6. The molecule has 0 unspecified atom stereocenters. The Kier molecular flexibility index (Phi) is 4.38. The van der Waals surface area contributed by atoms with E-state index in [9.17, 15) is 9.59 Å². The van der Waals surface area contributed by atoms with E-state index >= 15 is 0 Å². The second-order valence-corrected chi connectivity index (χ2v) is 5.30. The summed E-state index contributed by atoms with van der Waals surface area (Å²) in [4.78, 5) is 25.1. The number of carbonyl (C=O) groups is 2. The van der Waals surface area contributed by atoms with Crippen molar-refractivity contribution < 1.29 is 19.1 Å². The van der Waals surface area contributed by atoms with E-state index in [0.717, 1.165) is 5.57 Å². The molecule has 0 aromatic heterocycles. The largest absolute Gasteiger partial charge is 0.467 e. The van der Waals surface area contributed by atoms with Crippen LogP contribution in [-0.4, -0.2) is 42.3 Å². The Morgan fingerprint density at radius 3 is 2.44 bits per heavy atom. The molecular weight excluding hydrogens is 234 g/mol. The highest BCUT2D eigenvalue weighted by molar-refractivity contribution is 5.83. The predicted molar refractivity (Wildman–Crippen MR) is 67.1 cm³/mol. The van der Waals surface area contributed by atoms with Crippen molar-refractivity contribution in [1.82, 2.24) is 4.90 Å². The quantitative estimate of drug-likeness (QED) is 0.532. The molecule has 0 aromatic rings. The monoisotopic (exact) mass is 255 g/mol. The number of hydrogen-bond donors (Lipinski definition) is 0. The van der Waals surface area contributed by atoms with Gasteiger partial charge in [0.2, 0.25) is 0 Å². The Morgan fingerprint density at radius 2 is 2.00 bits per heavy atom. The lowest BCUT2D eigenvalue weighted by atomic mass is 10.1. The van der Waals surface area contributed by atoms with E-state index < -0.39 is 23.7 Å². The number of hydrogen-bond acceptors (Lipinski definition) is 4. The number of methoxy groups -OCH3 is 1. The zero-order chi connectivity index (χ0) is 13.9. The van der Waals surface area contributed by atoms with Crippen LogP contribution >= 0.6 is 0 Å². The van der Waals surface area contributed by atoms with Crippen LogP contribution in [0.5, 0.6) is 0 Å². The first kappa shape index (κ1) is 14.5. The van der Waals surface area contributed by atoms with E-state index in [-0.39, 0.29) is 0 Å². The number of likely N-dealkylation sites (tertiary alicyclic amines) is 1. The second-order valence-electron chi connectivity index (χ2n) is 5.30. The maximum atomic E-state index is 12.0. The van der Waals surface area contributed by atoms with Gasteiger partial charge in [-0.05, 0) is 27.7 Å². The molecule has 1 amide bonds. The first-order chi connectivity index (χ1) is 8.28. The van der Waals surface area contributed by atoms with Crippen LogP contribution in [0.4, 0.5) is 4.79 Å². The molecular formula is C13H21NO4. The van der Waals surface area contributed by atoms with Crippen LogP contribution in [-0.2, 0) is 14.3 Å². The molecule has 5 heteroatoms. The molecule has 1 atom stereocenters. The van der Waals surface area contributed by atoms with E-state index in [4.69, 9.17) is 9.47 Å². The van der Waals surface area contributed by atoms with Crippen molar-refractivity contribution in [2.45, 2.75) is 45.8 Å². The number of allylic oxidation sites excluding steroid dienone is 1. The lowest BCUT2D eigenvalue weighted by molar-refractivity contribution is -0.145. The van der Waals surface area contributed by atoms with Crippen molar-refractivity contribution in [3.63, 3.8) is 0 Å². The molecule has 102 valence electrons. The van der Waals surface area contributed by atoms with E-state index in [1.54, 1.807) is 20.8 Å². The van der Waals surface area contributed by atoms with Crippen LogP contribution in [0.3, 0.4) is 0 Å².